The van der Waals surface area contributed by atoms with E-state index in [0.717, 1.165) is 75.6 Å². The van der Waals surface area contributed by atoms with Crippen LogP contribution in [0.1, 0.15) is 76.0 Å². The number of benzene rings is 1. The smallest absolute Gasteiger partial charge is 0.240 e. The first-order chi connectivity index (χ1) is 14.3. The summed E-state index contributed by atoms with van der Waals surface area (Å²) in [5.41, 5.74) is 2.12. The number of likely N-dealkylation sites (tertiary alicyclic amines) is 1. The number of hydrogen-bond acceptors (Lipinski definition) is 4. The highest BCUT2D eigenvalue weighted by atomic mass is 32.2. The Labute approximate surface area is 180 Å². The predicted octanol–water partition coefficient (Wildman–Crippen LogP) is 3.13. The number of hydrogen-bond donors (Lipinski definition) is 2. The van der Waals surface area contributed by atoms with Crippen LogP contribution in [0.25, 0.3) is 0 Å². The van der Waals surface area contributed by atoms with Gasteiger partial charge in [0.05, 0.1) is 10.9 Å². The number of fused-ring (bicyclic) bond motifs is 1. The van der Waals surface area contributed by atoms with Crippen molar-refractivity contribution in [1.29, 1.82) is 0 Å². The summed E-state index contributed by atoms with van der Waals surface area (Å²) in [6.45, 7) is 6.32. The van der Waals surface area contributed by atoms with Crippen LogP contribution in [0.5, 0.6) is 0 Å². The van der Waals surface area contributed by atoms with Gasteiger partial charge in [0.25, 0.3) is 0 Å². The summed E-state index contributed by atoms with van der Waals surface area (Å²) in [5.74, 6) is 0.175. The maximum absolute atomic E-state index is 12.9. The molecule has 7 heteroatoms. The lowest BCUT2D eigenvalue weighted by Gasteiger charge is -2.34. The molecule has 6 nitrogen and oxygen atoms in total. The number of aryl methyl sites for hydroxylation is 1. The minimum atomic E-state index is -3.52. The van der Waals surface area contributed by atoms with E-state index in [1.165, 1.54) is 0 Å². The highest BCUT2D eigenvalue weighted by Crippen LogP contribution is 2.34. The maximum atomic E-state index is 12.9. The minimum Gasteiger partial charge on any atom is -0.349 e. The fraction of sp³-hybridized carbons (Fsp3) is 0.696. The fourth-order valence-electron chi connectivity index (χ4n) is 5.20. The summed E-state index contributed by atoms with van der Waals surface area (Å²) in [7, 11) is -3.52. The van der Waals surface area contributed by atoms with Crippen LogP contribution in [0.3, 0.4) is 0 Å². The zero-order valence-corrected chi connectivity index (χ0v) is 19.0. The molecule has 1 heterocycles. The van der Waals surface area contributed by atoms with Gasteiger partial charge in [0, 0.05) is 18.0 Å². The lowest BCUT2D eigenvalue weighted by Crippen LogP contribution is -2.43. The van der Waals surface area contributed by atoms with Crippen molar-refractivity contribution in [3.8, 4) is 0 Å². The first-order valence-corrected chi connectivity index (χ1v) is 13.0. The Bertz CT molecular complexity index is 870. The Morgan fingerprint density at radius 2 is 1.77 bits per heavy atom. The van der Waals surface area contributed by atoms with E-state index in [1.807, 2.05) is 6.07 Å². The van der Waals surface area contributed by atoms with Crippen molar-refractivity contribution in [3.05, 3.63) is 29.3 Å². The van der Waals surface area contributed by atoms with Gasteiger partial charge in [-0.25, -0.2) is 13.1 Å². The van der Waals surface area contributed by atoms with E-state index in [-0.39, 0.29) is 23.9 Å². The van der Waals surface area contributed by atoms with Gasteiger partial charge >= 0.3 is 0 Å². The van der Waals surface area contributed by atoms with Crippen LogP contribution in [0.15, 0.2) is 23.1 Å². The number of nitrogens with one attached hydrogen (secondary N) is 2. The van der Waals surface area contributed by atoms with Crippen molar-refractivity contribution in [3.63, 3.8) is 0 Å². The van der Waals surface area contributed by atoms with Crippen molar-refractivity contribution in [1.82, 2.24) is 14.9 Å². The first-order valence-electron chi connectivity index (χ1n) is 11.5. The van der Waals surface area contributed by atoms with Gasteiger partial charge in [0.2, 0.25) is 15.9 Å². The summed E-state index contributed by atoms with van der Waals surface area (Å²) in [4.78, 5) is 15.6. The van der Waals surface area contributed by atoms with Gasteiger partial charge in [0.15, 0.2) is 0 Å². The number of amides is 1. The van der Waals surface area contributed by atoms with Crippen molar-refractivity contribution in [2.75, 3.05) is 13.1 Å². The molecule has 30 heavy (non-hydrogen) atoms. The third kappa shape index (κ3) is 4.73. The Balaban J connectivity index is 1.42. The number of carbonyl (C=O) groups is 1. The van der Waals surface area contributed by atoms with Crippen LogP contribution >= 0.6 is 0 Å². The molecule has 1 aromatic carbocycles. The number of piperidine rings is 1. The highest BCUT2D eigenvalue weighted by Gasteiger charge is 2.31. The van der Waals surface area contributed by atoms with Gasteiger partial charge < -0.3 is 10.2 Å². The fourth-order valence-corrected chi connectivity index (χ4v) is 6.54. The third-order valence-corrected chi connectivity index (χ3v) is 8.65. The van der Waals surface area contributed by atoms with Gasteiger partial charge in [-0.15, -0.1) is 0 Å². The minimum absolute atomic E-state index is 0.0514. The predicted molar refractivity (Wildman–Crippen MR) is 118 cm³/mol. The average molecular weight is 434 g/mol. The zero-order chi connectivity index (χ0) is 21.3. The molecule has 2 fully saturated rings. The lowest BCUT2D eigenvalue weighted by molar-refractivity contribution is -0.127. The van der Waals surface area contributed by atoms with Crippen LogP contribution in [0.4, 0.5) is 0 Å². The van der Waals surface area contributed by atoms with Crippen molar-refractivity contribution in [2.24, 2.45) is 5.92 Å². The SMILES string of the molecule is CC(C)N1CCC(C(=O)N[C@@H]2CCc3ccc(S(=O)(=O)NC4CCCC4)cc32)CC1. The Hall–Kier alpha value is -1.44. The second-order valence-corrected chi connectivity index (χ2v) is 11.2. The van der Waals surface area contributed by atoms with E-state index in [4.69, 9.17) is 0 Å². The van der Waals surface area contributed by atoms with Crippen LogP contribution in [0.2, 0.25) is 0 Å². The number of sulfonamides is 1. The largest absolute Gasteiger partial charge is 0.349 e. The molecular weight excluding hydrogens is 398 g/mol. The summed E-state index contributed by atoms with van der Waals surface area (Å²) in [5, 5.41) is 3.23. The maximum Gasteiger partial charge on any atom is 0.240 e. The van der Waals surface area contributed by atoms with E-state index in [2.05, 4.69) is 28.8 Å². The molecule has 0 unspecified atom stereocenters. The molecule has 0 radical (unpaired) electrons. The number of rotatable bonds is 6. The molecule has 2 aliphatic carbocycles. The molecule has 0 spiro atoms. The molecule has 0 bridgehead atoms. The average Bonchev–Trinajstić information content (AvgIpc) is 3.37. The van der Waals surface area contributed by atoms with E-state index in [9.17, 15) is 13.2 Å². The van der Waals surface area contributed by atoms with Gasteiger partial charge in [0.1, 0.15) is 0 Å². The summed E-state index contributed by atoms with van der Waals surface area (Å²) >= 11 is 0. The monoisotopic (exact) mass is 433 g/mol. The molecule has 1 saturated heterocycles. The molecule has 166 valence electrons. The van der Waals surface area contributed by atoms with E-state index in [0.29, 0.717) is 10.9 Å². The zero-order valence-electron chi connectivity index (χ0n) is 18.2. The Morgan fingerprint density at radius 1 is 1.07 bits per heavy atom. The number of nitrogens with zero attached hydrogens (tertiary/aromatic N) is 1. The second-order valence-electron chi connectivity index (χ2n) is 9.47. The van der Waals surface area contributed by atoms with Gasteiger partial charge in [-0.3, -0.25) is 4.79 Å². The molecule has 1 atom stereocenters. The molecule has 0 aromatic heterocycles. The van der Waals surface area contributed by atoms with Gasteiger partial charge in [-0.1, -0.05) is 18.9 Å². The third-order valence-electron chi connectivity index (χ3n) is 7.13. The second kappa shape index (κ2) is 8.97. The lowest BCUT2D eigenvalue weighted by atomic mass is 9.94. The van der Waals surface area contributed by atoms with Crippen LogP contribution in [-0.2, 0) is 21.2 Å². The van der Waals surface area contributed by atoms with Crippen molar-refractivity contribution in [2.45, 2.75) is 88.2 Å². The van der Waals surface area contributed by atoms with Crippen molar-refractivity contribution >= 4 is 15.9 Å². The molecule has 1 amide bonds. The van der Waals surface area contributed by atoms with E-state index >= 15 is 0 Å². The van der Waals surface area contributed by atoms with Crippen LogP contribution in [0, 0.1) is 5.92 Å². The molecule has 3 aliphatic rings. The molecule has 1 aromatic rings. The molecular formula is C23H35N3O3S. The summed E-state index contributed by atoms with van der Waals surface area (Å²) in [6, 6.07) is 5.90. The Kier molecular flexibility index (Phi) is 6.51. The highest BCUT2D eigenvalue weighted by molar-refractivity contribution is 7.89. The van der Waals surface area contributed by atoms with Gasteiger partial charge in [-0.2, -0.15) is 0 Å². The van der Waals surface area contributed by atoms with E-state index < -0.39 is 10.0 Å². The van der Waals surface area contributed by atoms with E-state index in [1.54, 1.807) is 12.1 Å². The van der Waals surface area contributed by atoms with Crippen LogP contribution < -0.4 is 10.0 Å². The Morgan fingerprint density at radius 3 is 2.43 bits per heavy atom. The summed E-state index contributed by atoms with van der Waals surface area (Å²) in [6.07, 6.45) is 7.50. The van der Waals surface area contributed by atoms with Crippen molar-refractivity contribution < 1.29 is 13.2 Å². The normalized spacial score (nSPS) is 23.8. The topological polar surface area (TPSA) is 78.5 Å². The van der Waals surface area contributed by atoms with Gasteiger partial charge in [-0.05, 0) is 88.7 Å². The molecule has 1 aliphatic heterocycles. The molecule has 4 rings (SSSR count). The number of carbonyl (C=O) groups excluding carboxylic acids is 1. The first kappa shape index (κ1) is 21.8. The summed E-state index contributed by atoms with van der Waals surface area (Å²) < 4.78 is 28.6. The standard InChI is InChI=1S/C23H35N3O3S/c1-16(2)26-13-11-18(12-14-26)23(27)24-22-10-8-17-7-9-20(15-21(17)22)30(28,29)25-19-5-3-4-6-19/h7,9,15-16,18-19,22,25H,3-6,8,10-14H2,1-2H3,(H,24,27)/t22-/m1/s1. The van der Waals surface area contributed by atoms with Crippen LogP contribution in [-0.4, -0.2) is 44.4 Å². The molecule has 2 N–H and O–H groups in total. The quantitative estimate of drug-likeness (QED) is 0.722. The molecule has 1 saturated carbocycles.